The molecule has 5 heteroatoms. The van der Waals surface area contributed by atoms with Crippen molar-refractivity contribution in [1.29, 1.82) is 0 Å². The molecule has 1 aromatic rings. The molecule has 2 rings (SSSR count). The average molecular weight is 251 g/mol. The van der Waals surface area contributed by atoms with E-state index >= 15 is 0 Å². The van der Waals surface area contributed by atoms with Crippen LogP contribution in [0.3, 0.4) is 0 Å². The Morgan fingerprint density at radius 2 is 2.11 bits per heavy atom. The Labute approximate surface area is 105 Å². The molecule has 1 aliphatic carbocycles. The monoisotopic (exact) mass is 251 g/mol. The molecular formula is C13H17NO4. The summed E-state index contributed by atoms with van der Waals surface area (Å²) in [6.07, 6.45) is 2.70. The molecule has 0 heterocycles. The maximum Gasteiger partial charge on any atom is 0.255 e. The van der Waals surface area contributed by atoms with Crippen LogP contribution >= 0.6 is 0 Å². The molecule has 98 valence electrons. The minimum Gasteiger partial charge on any atom is -0.508 e. The van der Waals surface area contributed by atoms with Gasteiger partial charge < -0.3 is 20.6 Å². The zero-order valence-electron chi connectivity index (χ0n) is 9.97. The van der Waals surface area contributed by atoms with Crippen molar-refractivity contribution in [1.82, 2.24) is 5.32 Å². The third kappa shape index (κ3) is 2.56. The molecule has 1 aliphatic rings. The fourth-order valence-electron chi connectivity index (χ4n) is 2.40. The zero-order chi connectivity index (χ0) is 13.1. The van der Waals surface area contributed by atoms with E-state index in [0.29, 0.717) is 0 Å². The highest BCUT2D eigenvalue weighted by Crippen LogP contribution is 2.27. The number of nitrogens with one attached hydrogen (secondary N) is 1. The first-order valence-corrected chi connectivity index (χ1v) is 6.05. The molecule has 0 spiro atoms. The number of aromatic hydroxyl groups is 2. The van der Waals surface area contributed by atoms with Crippen molar-refractivity contribution in [3.63, 3.8) is 0 Å². The van der Waals surface area contributed by atoms with Crippen molar-refractivity contribution in [2.75, 3.05) is 6.61 Å². The molecule has 1 fully saturated rings. The van der Waals surface area contributed by atoms with Gasteiger partial charge in [0.1, 0.15) is 11.5 Å². The van der Waals surface area contributed by atoms with Gasteiger partial charge in [0.15, 0.2) is 0 Å². The fraction of sp³-hybridized carbons (Fsp3) is 0.462. The topological polar surface area (TPSA) is 89.8 Å². The van der Waals surface area contributed by atoms with Crippen molar-refractivity contribution >= 4 is 5.91 Å². The molecule has 2 unspecified atom stereocenters. The Morgan fingerprint density at radius 1 is 1.33 bits per heavy atom. The van der Waals surface area contributed by atoms with Crippen LogP contribution in [0.25, 0.3) is 0 Å². The van der Waals surface area contributed by atoms with E-state index in [4.69, 9.17) is 0 Å². The standard InChI is InChI=1S/C13H17NO4/c15-7-8-2-1-3-11(8)14-13(18)10-6-9(16)4-5-12(10)17/h4-6,8,11,15-17H,1-3,7H2,(H,14,18). The molecule has 18 heavy (non-hydrogen) atoms. The van der Waals surface area contributed by atoms with Gasteiger partial charge in [0.25, 0.3) is 5.91 Å². The second-order valence-corrected chi connectivity index (χ2v) is 4.65. The zero-order valence-corrected chi connectivity index (χ0v) is 9.97. The lowest BCUT2D eigenvalue weighted by Gasteiger charge is -2.19. The number of phenolic OH excluding ortho intramolecular Hbond substituents is 2. The van der Waals surface area contributed by atoms with Gasteiger partial charge in [-0.1, -0.05) is 6.42 Å². The van der Waals surface area contributed by atoms with Crippen LogP contribution in [0.4, 0.5) is 0 Å². The number of amides is 1. The van der Waals surface area contributed by atoms with Gasteiger partial charge in [-0.25, -0.2) is 0 Å². The van der Waals surface area contributed by atoms with Crippen LogP contribution in [-0.2, 0) is 0 Å². The van der Waals surface area contributed by atoms with Crippen LogP contribution in [-0.4, -0.2) is 33.9 Å². The lowest BCUT2D eigenvalue weighted by molar-refractivity contribution is 0.0913. The molecule has 0 radical (unpaired) electrons. The van der Waals surface area contributed by atoms with Gasteiger partial charge in [0.2, 0.25) is 0 Å². The second-order valence-electron chi connectivity index (χ2n) is 4.65. The SMILES string of the molecule is O=C(NC1CCCC1CO)c1cc(O)ccc1O. The number of rotatable bonds is 3. The molecular weight excluding hydrogens is 234 g/mol. The summed E-state index contributed by atoms with van der Waals surface area (Å²) in [5, 5.41) is 30.9. The van der Waals surface area contributed by atoms with E-state index in [-0.39, 0.29) is 35.6 Å². The maximum atomic E-state index is 12.0. The van der Waals surface area contributed by atoms with Crippen molar-refractivity contribution < 1.29 is 20.1 Å². The van der Waals surface area contributed by atoms with Gasteiger partial charge in [-0.3, -0.25) is 4.79 Å². The highest BCUT2D eigenvalue weighted by atomic mass is 16.3. The highest BCUT2D eigenvalue weighted by molar-refractivity contribution is 5.97. The molecule has 5 nitrogen and oxygen atoms in total. The average Bonchev–Trinajstić information content (AvgIpc) is 2.79. The molecule has 1 saturated carbocycles. The molecule has 1 amide bonds. The van der Waals surface area contributed by atoms with E-state index in [9.17, 15) is 20.1 Å². The first-order valence-electron chi connectivity index (χ1n) is 6.05. The number of carbonyl (C=O) groups is 1. The molecule has 2 atom stereocenters. The van der Waals surface area contributed by atoms with Gasteiger partial charge in [-0.05, 0) is 31.0 Å². The Bertz CT molecular complexity index is 447. The van der Waals surface area contributed by atoms with Crippen LogP contribution in [0, 0.1) is 5.92 Å². The predicted octanol–water partition coefficient (Wildman–Crippen LogP) is 0.989. The maximum absolute atomic E-state index is 12.0. The number of hydrogen-bond donors (Lipinski definition) is 4. The van der Waals surface area contributed by atoms with Gasteiger partial charge in [0, 0.05) is 18.6 Å². The van der Waals surface area contributed by atoms with Crippen LogP contribution in [0.1, 0.15) is 29.6 Å². The number of benzene rings is 1. The van der Waals surface area contributed by atoms with E-state index in [2.05, 4.69) is 5.32 Å². The quantitative estimate of drug-likeness (QED) is 0.603. The third-order valence-electron chi connectivity index (χ3n) is 3.43. The predicted molar refractivity (Wildman–Crippen MR) is 65.5 cm³/mol. The summed E-state index contributed by atoms with van der Waals surface area (Å²) in [6.45, 7) is 0.0525. The van der Waals surface area contributed by atoms with E-state index in [0.717, 1.165) is 19.3 Å². The van der Waals surface area contributed by atoms with E-state index in [1.807, 2.05) is 0 Å². The number of aliphatic hydroxyl groups is 1. The summed E-state index contributed by atoms with van der Waals surface area (Å²) in [5.41, 5.74) is 0.0542. The minimum absolute atomic E-state index is 0.0525. The number of phenols is 2. The van der Waals surface area contributed by atoms with Gasteiger partial charge >= 0.3 is 0 Å². The first-order chi connectivity index (χ1) is 8.61. The Kier molecular flexibility index (Phi) is 3.72. The smallest absolute Gasteiger partial charge is 0.255 e. The molecule has 4 N–H and O–H groups in total. The first kappa shape index (κ1) is 12.7. The second kappa shape index (κ2) is 5.27. The fourth-order valence-corrected chi connectivity index (χ4v) is 2.40. The Balaban J connectivity index is 2.09. The van der Waals surface area contributed by atoms with E-state index < -0.39 is 5.91 Å². The van der Waals surface area contributed by atoms with Gasteiger partial charge in [0.05, 0.1) is 5.56 Å². The van der Waals surface area contributed by atoms with Crippen LogP contribution < -0.4 is 5.32 Å². The summed E-state index contributed by atoms with van der Waals surface area (Å²) in [4.78, 5) is 12.0. The largest absolute Gasteiger partial charge is 0.508 e. The highest BCUT2D eigenvalue weighted by Gasteiger charge is 2.28. The normalized spacial score (nSPS) is 22.9. The van der Waals surface area contributed by atoms with Crippen molar-refractivity contribution in [3.05, 3.63) is 23.8 Å². The van der Waals surface area contributed by atoms with Gasteiger partial charge in [-0.2, -0.15) is 0 Å². The molecule has 0 saturated heterocycles. The lowest BCUT2D eigenvalue weighted by atomic mass is 10.0. The van der Waals surface area contributed by atoms with E-state index in [1.165, 1.54) is 18.2 Å². The van der Waals surface area contributed by atoms with Crippen molar-refractivity contribution in [2.24, 2.45) is 5.92 Å². The summed E-state index contributed by atoms with van der Waals surface area (Å²) < 4.78 is 0. The van der Waals surface area contributed by atoms with Crippen LogP contribution in [0.5, 0.6) is 11.5 Å². The Hall–Kier alpha value is -1.75. The molecule has 0 aromatic heterocycles. The number of aliphatic hydroxyl groups excluding tert-OH is 1. The third-order valence-corrected chi connectivity index (χ3v) is 3.43. The summed E-state index contributed by atoms with van der Waals surface area (Å²) in [5.74, 6) is -0.575. The number of carbonyl (C=O) groups excluding carboxylic acids is 1. The van der Waals surface area contributed by atoms with Crippen LogP contribution in [0.15, 0.2) is 18.2 Å². The summed E-state index contributed by atoms with van der Waals surface area (Å²) in [7, 11) is 0. The van der Waals surface area contributed by atoms with Crippen molar-refractivity contribution in [2.45, 2.75) is 25.3 Å². The van der Waals surface area contributed by atoms with E-state index in [1.54, 1.807) is 0 Å². The molecule has 0 bridgehead atoms. The Morgan fingerprint density at radius 3 is 2.83 bits per heavy atom. The van der Waals surface area contributed by atoms with Crippen LogP contribution in [0.2, 0.25) is 0 Å². The number of hydrogen-bond acceptors (Lipinski definition) is 4. The lowest BCUT2D eigenvalue weighted by Crippen LogP contribution is -2.38. The minimum atomic E-state index is -0.422. The summed E-state index contributed by atoms with van der Waals surface area (Å²) >= 11 is 0. The van der Waals surface area contributed by atoms with Gasteiger partial charge in [-0.15, -0.1) is 0 Å². The summed E-state index contributed by atoms with van der Waals surface area (Å²) in [6, 6.07) is 3.76. The van der Waals surface area contributed by atoms with Crippen molar-refractivity contribution in [3.8, 4) is 11.5 Å². The molecule has 0 aliphatic heterocycles. The molecule has 1 aromatic carbocycles.